The highest BCUT2D eigenvalue weighted by Crippen LogP contribution is 2.33. The van der Waals surface area contributed by atoms with Gasteiger partial charge < -0.3 is 0 Å². The summed E-state index contributed by atoms with van der Waals surface area (Å²) in [7, 11) is 0. The van der Waals surface area contributed by atoms with Gasteiger partial charge in [-0.05, 0) is 54.5 Å². The molecule has 0 aliphatic carbocycles. The zero-order valence-corrected chi connectivity index (χ0v) is 21.5. The molecule has 1 aliphatic rings. The summed E-state index contributed by atoms with van der Waals surface area (Å²) < 4.78 is 4.14. The zero-order valence-electron chi connectivity index (χ0n) is 21.5. The van der Waals surface area contributed by atoms with Crippen LogP contribution in [-0.2, 0) is 12.8 Å². The highest BCUT2D eigenvalue weighted by molar-refractivity contribution is 5.80. The van der Waals surface area contributed by atoms with Crippen molar-refractivity contribution in [3.8, 4) is 28.6 Å². The molecule has 0 saturated heterocycles. The summed E-state index contributed by atoms with van der Waals surface area (Å²) in [4.78, 5) is 13.8. The minimum Gasteiger partial charge on any atom is -0.283 e. The predicted molar refractivity (Wildman–Crippen MR) is 143 cm³/mol. The van der Waals surface area contributed by atoms with Crippen LogP contribution in [0.3, 0.4) is 0 Å². The molecular formula is C29H33N7O. The second-order valence-corrected chi connectivity index (χ2v) is 9.97. The lowest BCUT2D eigenvalue weighted by Gasteiger charge is -2.31. The fourth-order valence-corrected chi connectivity index (χ4v) is 5.62. The van der Waals surface area contributed by atoms with Gasteiger partial charge in [0.05, 0.1) is 18.5 Å². The molecule has 190 valence electrons. The molecule has 5 rings (SSSR count). The molecule has 4 aromatic rings. The molecule has 0 fully saturated rings. The van der Waals surface area contributed by atoms with E-state index >= 15 is 0 Å². The summed E-state index contributed by atoms with van der Waals surface area (Å²) in [5, 5.41) is 23.9. The lowest BCUT2D eigenvalue weighted by atomic mass is 9.96. The number of benzene rings is 2. The number of nitrogens with zero attached hydrogens (tertiary/aromatic N) is 6. The standard InChI is InChI=1S/C29H33N7O/c1-3-4-5-10-27-26(29(37)36-23(17-18-30)16-11-20(2)35(27)36)19-21-12-14-22(15-13-21)24-8-6-7-9-25(24)28-31-33-34-32-28/h6-9,12-15,20,23H,3-5,10-11,16-17,19H2,1-2H3,(H,31,32,33,34). The van der Waals surface area contributed by atoms with Crippen molar-refractivity contribution < 1.29 is 0 Å². The maximum absolute atomic E-state index is 13.8. The number of hydrogen-bond acceptors (Lipinski definition) is 5. The van der Waals surface area contributed by atoms with E-state index in [0.717, 1.165) is 72.0 Å². The van der Waals surface area contributed by atoms with E-state index in [0.29, 0.717) is 18.7 Å². The highest BCUT2D eigenvalue weighted by Gasteiger charge is 2.31. The van der Waals surface area contributed by atoms with E-state index in [-0.39, 0.29) is 17.6 Å². The third-order valence-corrected chi connectivity index (χ3v) is 7.51. The van der Waals surface area contributed by atoms with Gasteiger partial charge in [0, 0.05) is 29.3 Å². The third-order valence-electron chi connectivity index (χ3n) is 7.51. The lowest BCUT2D eigenvalue weighted by molar-refractivity contribution is 0.229. The van der Waals surface area contributed by atoms with Crippen LogP contribution in [0, 0.1) is 11.3 Å². The minimum absolute atomic E-state index is 0.0450. The smallest absolute Gasteiger partial charge is 0.270 e. The number of hydrogen-bond donors (Lipinski definition) is 1. The Balaban J connectivity index is 1.49. The maximum atomic E-state index is 13.8. The number of H-pyrrole nitrogens is 1. The van der Waals surface area contributed by atoms with E-state index in [4.69, 9.17) is 0 Å². The Morgan fingerprint density at radius 3 is 2.54 bits per heavy atom. The van der Waals surface area contributed by atoms with E-state index < -0.39 is 0 Å². The number of aromatic nitrogens is 6. The maximum Gasteiger partial charge on any atom is 0.270 e. The predicted octanol–water partition coefficient (Wildman–Crippen LogP) is 5.63. The molecule has 0 bridgehead atoms. The molecule has 8 heteroatoms. The van der Waals surface area contributed by atoms with Crippen LogP contribution in [0.2, 0.25) is 0 Å². The van der Waals surface area contributed by atoms with E-state index in [1.54, 1.807) is 0 Å². The number of tetrazole rings is 1. The number of unbranched alkanes of at least 4 members (excludes halogenated alkanes) is 2. The molecule has 2 unspecified atom stereocenters. The first kappa shape index (κ1) is 24.7. The van der Waals surface area contributed by atoms with Crippen molar-refractivity contribution in [2.24, 2.45) is 0 Å². The third kappa shape index (κ3) is 4.86. The van der Waals surface area contributed by atoms with Crippen LogP contribution in [0.1, 0.15) is 81.3 Å². The fourth-order valence-electron chi connectivity index (χ4n) is 5.62. The van der Waals surface area contributed by atoms with Crippen LogP contribution >= 0.6 is 0 Å². The molecule has 0 radical (unpaired) electrons. The summed E-state index contributed by atoms with van der Waals surface area (Å²) in [6.45, 7) is 4.40. The van der Waals surface area contributed by atoms with Crippen molar-refractivity contribution in [1.82, 2.24) is 30.0 Å². The summed E-state index contributed by atoms with van der Waals surface area (Å²) in [5.41, 5.74) is 6.21. The Labute approximate surface area is 216 Å². The Morgan fingerprint density at radius 1 is 1.05 bits per heavy atom. The van der Waals surface area contributed by atoms with Gasteiger partial charge in [-0.25, -0.2) is 4.68 Å². The number of nitrogens with one attached hydrogen (secondary N) is 1. The van der Waals surface area contributed by atoms with Crippen LogP contribution in [0.4, 0.5) is 0 Å². The molecule has 8 nitrogen and oxygen atoms in total. The zero-order chi connectivity index (χ0) is 25.8. The van der Waals surface area contributed by atoms with E-state index in [1.165, 1.54) is 0 Å². The first-order chi connectivity index (χ1) is 18.1. The topological polar surface area (TPSA) is 105 Å². The Hall–Kier alpha value is -3.99. The first-order valence-corrected chi connectivity index (χ1v) is 13.3. The normalized spacial score (nSPS) is 16.9. The van der Waals surface area contributed by atoms with Crippen LogP contribution in [0.15, 0.2) is 53.3 Å². The van der Waals surface area contributed by atoms with Gasteiger partial charge in [-0.1, -0.05) is 68.3 Å². The number of aromatic amines is 1. The molecule has 2 atom stereocenters. The van der Waals surface area contributed by atoms with Gasteiger partial charge in [-0.3, -0.25) is 9.48 Å². The Morgan fingerprint density at radius 2 is 1.84 bits per heavy atom. The van der Waals surface area contributed by atoms with Crippen LogP contribution < -0.4 is 5.56 Å². The lowest BCUT2D eigenvalue weighted by Crippen LogP contribution is -2.34. The average Bonchev–Trinajstić information content (AvgIpc) is 3.55. The SMILES string of the molecule is CCCCCc1c(Cc2ccc(-c3ccccc3-c3nn[nH]n3)cc2)c(=O)n2n1C(C)CCC2CC#N. The van der Waals surface area contributed by atoms with E-state index in [9.17, 15) is 10.1 Å². The summed E-state index contributed by atoms with van der Waals surface area (Å²) in [5.74, 6) is 0.560. The molecule has 37 heavy (non-hydrogen) atoms. The highest BCUT2D eigenvalue weighted by atomic mass is 16.1. The monoisotopic (exact) mass is 495 g/mol. The molecule has 2 aromatic heterocycles. The second-order valence-electron chi connectivity index (χ2n) is 9.97. The molecular weight excluding hydrogens is 462 g/mol. The van der Waals surface area contributed by atoms with Crippen molar-refractivity contribution in [1.29, 1.82) is 5.26 Å². The van der Waals surface area contributed by atoms with Crippen LogP contribution in [-0.4, -0.2) is 30.0 Å². The molecule has 0 amide bonds. The molecule has 1 aliphatic heterocycles. The van der Waals surface area contributed by atoms with E-state index in [2.05, 4.69) is 75.6 Å². The van der Waals surface area contributed by atoms with Gasteiger partial charge >= 0.3 is 0 Å². The molecule has 3 heterocycles. The van der Waals surface area contributed by atoms with Gasteiger partial charge in [0.25, 0.3) is 5.56 Å². The molecule has 0 spiro atoms. The van der Waals surface area contributed by atoms with Gasteiger partial charge in [0.1, 0.15) is 0 Å². The summed E-state index contributed by atoms with van der Waals surface area (Å²) in [6, 6.07) is 18.9. The number of fused-ring (bicyclic) bond motifs is 1. The van der Waals surface area contributed by atoms with Crippen LogP contribution in [0.5, 0.6) is 0 Å². The fraction of sp³-hybridized carbons (Fsp3) is 0.414. The van der Waals surface area contributed by atoms with Gasteiger partial charge in [-0.15, -0.1) is 10.2 Å². The average molecular weight is 496 g/mol. The van der Waals surface area contributed by atoms with Crippen molar-refractivity contribution >= 4 is 0 Å². The minimum atomic E-state index is -0.0450. The van der Waals surface area contributed by atoms with Gasteiger partial charge in [-0.2, -0.15) is 10.5 Å². The van der Waals surface area contributed by atoms with Crippen molar-refractivity contribution in [2.75, 3.05) is 0 Å². The first-order valence-electron chi connectivity index (χ1n) is 13.3. The summed E-state index contributed by atoms with van der Waals surface area (Å²) >= 11 is 0. The largest absolute Gasteiger partial charge is 0.283 e. The van der Waals surface area contributed by atoms with Gasteiger partial charge in [0.2, 0.25) is 5.82 Å². The van der Waals surface area contributed by atoms with Crippen molar-refractivity contribution in [2.45, 2.75) is 77.3 Å². The quantitative estimate of drug-likeness (QED) is 0.303. The second kappa shape index (κ2) is 11.0. The Bertz CT molecular complexity index is 1440. The number of nitriles is 1. The van der Waals surface area contributed by atoms with Crippen molar-refractivity contribution in [3.05, 3.63) is 75.7 Å². The molecule has 2 aromatic carbocycles. The van der Waals surface area contributed by atoms with Crippen molar-refractivity contribution in [3.63, 3.8) is 0 Å². The van der Waals surface area contributed by atoms with Gasteiger partial charge in [0.15, 0.2) is 0 Å². The summed E-state index contributed by atoms with van der Waals surface area (Å²) in [6.07, 6.45) is 7.07. The van der Waals surface area contributed by atoms with Crippen LogP contribution in [0.25, 0.3) is 22.5 Å². The molecule has 1 N–H and O–H groups in total. The molecule has 0 saturated carbocycles. The Kier molecular flexibility index (Phi) is 7.31. The number of rotatable bonds is 9. The van der Waals surface area contributed by atoms with E-state index in [1.807, 2.05) is 22.9 Å².